The number of aliphatic hydroxyl groups is 3. The number of aliphatic hydroxyl groups excluding tert-OH is 3. The molecule has 6 aromatic heterocycles. The van der Waals surface area contributed by atoms with Crippen molar-refractivity contribution in [2.45, 2.75) is 38.5 Å². The first-order chi connectivity index (χ1) is 69.1. The van der Waals surface area contributed by atoms with Gasteiger partial charge >= 0.3 is 0 Å². The summed E-state index contributed by atoms with van der Waals surface area (Å²) in [6.07, 6.45) is 3.90. The maximum absolute atomic E-state index is 14.4. The van der Waals surface area contributed by atoms with Crippen molar-refractivity contribution in [1.29, 1.82) is 0 Å². The van der Waals surface area contributed by atoms with Crippen LogP contribution in [-0.2, 0) is 34.5 Å². The summed E-state index contributed by atoms with van der Waals surface area (Å²) in [7, 11) is 0. The summed E-state index contributed by atoms with van der Waals surface area (Å²) in [5, 5.41) is 55.3. The van der Waals surface area contributed by atoms with E-state index in [0.717, 1.165) is 197 Å². The average molecular weight is 2010 g/mol. The first kappa shape index (κ1) is 90.7. The fraction of sp³-hybridized carbons (Fsp3) is 0.0465. The second kappa shape index (κ2) is 39.4. The SMILES string of the molecule is C/C(O)=C/C(=O)C(c1nc(-c2cccc3ccccc23)cc2ccccc12)c1nc(-c2cccc3ccccc23)cc2ccccc12.C/C(O)=C/C(=O)C(c1nc(-c2cccc3ccccc23)cc2ccccc12)c1nc(-c2cccc3ccccc23)cc2ccccc12.C/C(O)=C/C(=O)C(c1nc(-c2cccc3ccccc23)cc2ccccc12)c1nc(-c2cccc3ccccc23)cc2ccccc12.[Ir]. The number of carbonyl (C=O) groups excluding carboxylic acids is 3. The number of rotatable bonds is 18. The van der Waals surface area contributed by atoms with E-state index in [2.05, 4.69) is 218 Å². The van der Waals surface area contributed by atoms with Gasteiger partial charge in [-0.2, -0.15) is 0 Å². The van der Waals surface area contributed by atoms with E-state index in [4.69, 9.17) is 29.9 Å². The summed E-state index contributed by atoms with van der Waals surface area (Å²) in [4.78, 5) is 75.2. The first-order valence-electron chi connectivity index (χ1n) is 47.2. The summed E-state index contributed by atoms with van der Waals surface area (Å²) < 4.78 is 0. The topological polar surface area (TPSA) is 189 Å². The van der Waals surface area contributed by atoms with Crippen molar-refractivity contribution in [2.75, 3.05) is 0 Å². The summed E-state index contributed by atoms with van der Waals surface area (Å²) in [5.41, 5.74) is 14.1. The van der Waals surface area contributed by atoms with Gasteiger partial charge in [0.25, 0.3) is 0 Å². The number of nitrogens with zero attached hydrogens (tertiary/aromatic N) is 6. The largest absolute Gasteiger partial charge is 0.512 e. The number of benzene rings is 18. The standard InChI is InChI=1S/3C43H30N2O2.Ir/c3*1-27(46)24-40(47)41(42-34-20-8-4-14-30(34)25-38(44-42)36-22-10-16-28-12-2-6-18-32(28)36)43-35-21-9-5-15-31(35)26-39(45-43)37-23-11-17-29-13-3-7-19-33(29)37;/h3*2-26,41,46H,1H3;/b3*27-24-;. The number of allylic oxidation sites excluding steroid dienone is 6. The van der Waals surface area contributed by atoms with Crippen molar-refractivity contribution < 1.29 is 49.8 Å². The molecule has 0 spiro atoms. The summed E-state index contributed by atoms with van der Waals surface area (Å²) in [5.74, 6) is -3.73. The minimum Gasteiger partial charge on any atom is -0.512 e. The summed E-state index contributed by atoms with van der Waals surface area (Å²) >= 11 is 0. The van der Waals surface area contributed by atoms with Crippen LogP contribution in [0.1, 0.15) is 72.7 Å². The molecule has 0 fully saturated rings. The molecule has 681 valence electrons. The normalized spacial score (nSPS) is 11.9. The van der Waals surface area contributed by atoms with Crippen LogP contribution in [0.2, 0.25) is 0 Å². The third-order valence-corrected chi connectivity index (χ3v) is 26.6. The Kier molecular flexibility index (Phi) is 25.2. The summed E-state index contributed by atoms with van der Waals surface area (Å²) in [6.45, 7) is 4.56. The average Bonchev–Trinajstić information content (AvgIpc) is 0.748. The quantitative estimate of drug-likeness (QED) is 0.0545. The third-order valence-electron chi connectivity index (χ3n) is 26.6. The van der Waals surface area contributed by atoms with E-state index in [9.17, 15) is 29.7 Å². The van der Waals surface area contributed by atoms with Crippen LogP contribution in [0, 0.1) is 0 Å². The minimum absolute atomic E-state index is 0. The zero-order chi connectivity index (χ0) is 95.7. The van der Waals surface area contributed by atoms with Crippen LogP contribution in [0.4, 0.5) is 0 Å². The second-order valence-corrected chi connectivity index (χ2v) is 35.7. The Morgan fingerprint density at radius 2 is 0.310 bits per heavy atom. The molecule has 0 bridgehead atoms. The van der Waals surface area contributed by atoms with E-state index in [1.807, 2.05) is 218 Å². The molecular formula is C129H90IrN6O6. The fourth-order valence-electron chi connectivity index (χ4n) is 20.3. The van der Waals surface area contributed by atoms with Crippen LogP contribution in [-0.4, -0.2) is 62.6 Å². The molecule has 24 rings (SSSR count). The van der Waals surface area contributed by atoms with Gasteiger partial charge in [-0.15, -0.1) is 0 Å². The van der Waals surface area contributed by atoms with Gasteiger partial charge < -0.3 is 15.3 Å². The van der Waals surface area contributed by atoms with E-state index < -0.39 is 17.8 Å². The van der Waals surface area contributed by atoms with E-state index in [1.165, 1.54) is 39.0 Å². The monoisotopic (exact) mass is 2010 g/mol. The van der Waals surface area contributed by atoms with Crippen LogP contribution in [0.15, 0.2) is 472 Å². The first-order valence-corrected chi connectivity index (χ1v) is 47.2. The summed E-state index contributed by atoms with van der Waals surface area (Å²) in [6, 6.07) is 148. The zero-order valence-corrected chi connectivity index (χ0v) is 80.0. The number of pyridine rings is 6. The van der Waals surface area contributed by atoms with Gasteiger partial charge in [0.05, 0.1) is 85.6 Å². The molecule has 0 unspecified atom stereocenters. The number of aromatic nitrogens is 6. The van der Waals surface area contributed by atoms with E-state index in [0.29, 0.717) is 34.2 Å². The maximum Gasteiger partial charge on any atom is 0.174 e. The third kappa shape index (κ3) is 17.7. The Morgan fingerprint density at radius 1 is 0.183 bits per heavy atom. The van der Waals surface area contributed by atoms with Crippen molar-refractivity contribution in [1.82, 2.24) is 29.9 Å². The van der Waals surface area contributed by atoms with Crippen molar-refractivity contribution >= 4 is 147 Å². The number of fused-ring (bicyclic) bond motifs is 12. The molecule has 24 aromatic rings. The van der Waals surface area contributed by atoms with Crippen molar-refractivity contribution in [3.05, 3.63) is 506 Å². The van der Waals surface area contributed by atoms with Crippen LogP contribution in [0.5, 0.6) is 0 Å². The van der Waals surface area contributed by atoms with Crippen LogP contribution in [0.25, 0.3) is 197 Å². The smallest absolute Gasteiger partial charge is 0.174 e. The second-order valence-electron chi connectivity index (χ2n) is 35.7. The Labute approximate surface area is 832 Å². The Balaban J connectivity index is 0.000000126. The van der Waals surface area contributed by atoms with Gasteiger partial charge in [0.2, 0.25) is 0 Å². The van der Waals surface area contributed by atoms with Gasteiger partial charge in [-0.05, 0) is 154 Å². The van der Waals surface area contributed by atoms with E-state index in [-0.39, 0.29) is 54.7 Å². The maximum atomic E-state index is 14.4. The molecule has 12 nitrogen and oxygen atoms in total. The van der Waals surface area contributed by atoms with Gasteiger partial charge in [-0.3, -0.25) is 44.3 Å². The molecule has 0 atom stereocenters. The van der Waals surface area contributed by atoms with Gasteiger partial charge in [0.15, 0.2) is 17.3 Å². The van der Waals surface area contributed by atoms with Crippen molar-refractivity contribution in [3.63, 3.8) is 0 Å². The van der Waals surface area contributed by atoms with Crippen molar-refractivity contribution in [3.8, 4) is 67.5 Å². The predicted molar refractivity (Wildman–Crippen MR) is 578 cm³/mol. The molecule has 0 aliphatic rings. The molecule has 0 aliphatic heterocycles. The minimum atomic E-state index is -0.892. The van der Waals surface area contributed by atoms with Gasteiger partial charge in [-0.25, -0.2) is 0 Å². The van der Waals surface area contributed by atoms with Crippen LogP contribution < -0.4 is 0 Å². The predicted octanol–water partition coefficient (Wildman–Crippen LogP) is 31.8. The molecule has 0 aliphatic carbocycles. The molecule has 0 amide bonds. The van der Waals surface area contributed by atoms with E-state index >= 15 is 0 Å². The number of carbonyl (C=O) groups is 3. The number of ketones is 3. The molecular weight excluding hydrogens is 1920 g/mol. The molecule has 1 radical (unpaired) electrons. The molecule has 0 saturated heterocycles. The van der Waals surface area contributed by atoms with Gasteiger partial charge in [-0.1, -0.05) is 400 Å². The Morgan fingerprint density at radius 3 is 0.458 bits per heavy atom. The fourth-order valence-corrected chi connectivity index (χ4v) is 20.3. The number of hydrogen-bond acceptors (Lipinski definition) is 12. The van der Waals surface area contributed by atoms with E-state index in [1.54, 1.807) is 0 Å². The van der Waals surface area contributed by atoms with Gasteiger partial charge in [0.1, 0.15) is 17.8 Å². The molecule has 6 heterocycles. The molecule has 0 saturated carbocycles. The van der Waals surface area contributed by atoms with Crippen LogP contribution in [0.3, 0.4) is 0 Å². The Bertz CT molecular complexity index is 7920. The number of hydrogen-bond donors (Lipinski definition) is 3. The Hall–Kier alpha value is -17.7. The molecule has 18 aromatic carbocycles. The molecule has 142 heavy (non-hydrogen) atoms. The van der Waals surface area contributed by atoms with Crippen molar-refractivity contribution in [2.24, 2.45) is 0 Å². The molecule has 13 heteroatoms. The zero-order valence-electron chi connectivity index (χ0n) is 77.6. The van der Waals surface area contributed by atoms with Gasteiger partial charge in [0, 0.05) is 104 Å². The molecule has 3 N–H and O–H groups in total. The van der Waals surface area contributed by atoms with Crippen LogP contribution >= 0.6 is 0 Å².